The first-order chi connectivity index (χ1) is 12.5. The summed E-state index contributed by atoms with van der Waals surface area (Å²) in [5.74, 6) is 2.97. The van der Waals surface area contributed by atoms with E-state index in [9.17, 15) is 0 Å². The molecule has 0 heterocycles. The maximum absolute atomic E-state index is 6.74. The van der Waals surface area contributed by atoms with Crippen molar-refractivity contribution >= 4 is 8.32 Å². The SMILES string of the molecule is C[Si](C)(C)OC1[C@H](/C=C/C2CCCCC2)CC[C@@H]1/C=C/C1CCCCC1. The molecule has 0 saturated heterocycles. The van der Waals surface area contributed by atoms with Crippen LogP contribution in [0.15, 0.2) is 24.3 Å². The molecule has 148 valence electrons. The van der Waals surface area contributed by atoms with E-state index in [-0.39, 0.29) is 0 Å². The van der Waals surface area contributed by atoms with Gasteiger partial charge < -0.3 is 4.43 Å². The lowest BCUT2D eigenvalue weighted by Gasteiger charge is -2.30. The molecule has 3 saturated carbocycles. The first kappa shape index (κ1) is 20.4. The zero-order valence-corrected chi connectivity index (χ0v) is 18.6. The minimum Gasteiger partial charge on any atom is -0.414 e. The summed E-state index contributed by atoms with van der Waals surface area (Å²) in [6, 6.07) is 0. The summed E-state index contributed by atoms with van der Waals surface area (Å²) in [5, 5.41) is 0. The Morgan fingerprint density at radius 2 is 1.00 bits per heavy atom. The van der Waals surface area contributed by atoms with Crippen molar-refractivity contribution in [3.63, 3.8) is 0 Å². The summed E-state index contributed by atoms with van der Waals surface area (Å²) in [4.78, 5) is 0. The van der Waals surface area contributed by atoms with Crippen LogP contribution in [0.1, 0.15) is 77.0 Å². The van der Waals surface area contributed by atoms with Crippen molar-refractivity contribution in [3.05, 3.63) is 24.3 Å². The lowest BCUT2D eigenvalue weighted by Crippen LogP contribution is -2.36. The molecule has 26 heavy (non-hydrogen) atoms. The summed E-state index contributed by atoms with van der Waals surface area (Å²) in [7, 11) is -1.51. The quantitative estimate of drug-likeness (QED) is 0.345. The van der Waals surface area contributed by atoms with Gasteiger partial charge in [0.15, 0.2) is 8.32 Å². The Labute approximate surface area is 163 Å². The normalized spacial score (nSPS) is 32.8. The standard InChI is InChI=1S/C24H42OSi/c1-26(2,3)25-24-22(16-14-20-10-6-4-7-11-20)18-19-23(24)17-15-21-12-8-5-9-13-21/h14-17,20-24H,4-13,18-19H2,1-3H3/b16-14+,17-15+/t22-,23+,24?. The Morgan fingerprint density at radius 3 is 1.38 bits per heavy atom. The second kappa shape index (κ2) is 9.73. The average molecular weight is 375 g/mol. The highest BCUT2D eigenvalue weighted by Crippen LogP contribution is 2.39. The van der Waals surface area contributed by atoms with Gasteiger partial charge in [-0.05, 0) is 70.0 Å². The Morgan fingerprint density at radius 1 is 0.577 bits per heavy atom. The van der Waals surface area contributed by atoms with E-state index >= 15 is 0 Å². The number of hydrogen-bond acceptors (Lipinski definition) is 1. The molecule has 0 N–H and O–H groups in total. The first-order valence-electron chi connectivity index (χ1n) is 11.6. The molecule has 2 heteroatoms. The van der Waals surface area contributed by atoms with Crippen molar-refractivity contribution in [2.45, 2.75) is 103 Å². The van der Waals surface area contributed by atoms with Gasteiger partial charge in [0.2, 0.25) is 0 Å². The van der Waals surface area contributed by atoms with Gasteiger partial charge in [0, 0.05) is 11.8 Å². The molecule has 0 amide bonds. The number of rotatable bonds is 6. The molecule has 3 aliphatic rings. The van der Waals surface area contributed by atoms with Crippen LogP contribution in [0.25, 0.3) is 0 Å². The van der Waals surface area contributed by atoms with Crippen LogP contribution in [0.3, 0.4) is 0 Å². The van der Waals surface area contributed by atoms with Crippen molar-refractivity contribution in [2.24, 2.45) is 23.7 Å². The molecule has 0 aliphatic heterocycles. The highest BCUT2D eigenvalue weighted by Gasteiger charge is 2.37. The fraction of sp³-hybridized carbons (Fsp3) is 0.833. The third-order valence-corrected chi connectivity index (χ3v) is 7.71. The Bertz CT molecular complexity index is 427. The smallest absolute Gasteiger partial charge is 0.184 e. The fourth-order valence-corrected chi connectivity index (χ4v) is 6.44. The molecule has 0 spiro atoms. The van der Waals surface area contributed by atoms with Crippen molar-refractivity contribution < 1.29 is 4.43 Å². The second-order valence-electron chi connectivity index (χ2n) is 10.2. The van der Waals surface area contributed by atoms with Crippen LogP contribution < -0.4 is 0 Å². The lowest BCUT2D eigenvalue weighted by molar-refractivity contribution is 0.144. The van der Waals surface area contributed by atoms with Crippen molar-refractivity contribution in [1.82, 2.24) is 0 Å². The van der Waals surface area contributed by atoms with Crippen LogP contribution in [0.4, 0.5) is 0 Å². The third kappa shape index (κ3) is 6.37. The van der Waals surface area contributed by atoms with E-state index < -0.39 is 8.32 Å². The van der Waals surface area contributed by atoms with Crippen LogP contribution in [-0.2, 0) is 4.43 Å². The predicted molar refractivity (Wildman–Crippen MR) is 116 cm³/mol. The first-order valence-corrected chi connectivity index (χ1v) is 15.0. The van der Waals surface area contributed by atoms with Gasteiger partial charge >= 0.3 is 0 Å². The van der Waals surface area contributed by atoms with Gasteiger partial charge in [-0.1, -0.05) is 62.8 Å². The van der Waals surface area contributed by atoms with E-state index in [4.69, 9.17) is 4.43 Å². The zero-order chi connectivity index (χ0) is 18.4. The van der Waals surface area contributed by atoms with Crippen molar-refractivity contribution in [2.75, 3.05) is 0 Å². The highest BCUT2D eigenvalue weighted by molar-refractivity contribution is 6.69. The summed E-state index contributed by atoms with van der Waals surface area (Å²) >= 11 is 0. The molecule has 0 aromatic heterocycles. The van der Waals surface area contributed by atoms with E-state index in [2.05, 4.69) is 43.9 Å². The molecule has 3 atom stereocenters. The predicted octanol–water partition coefficient (Wildman–Crippen LogP) is 7.51. The largest absolute Gasteiger partial charge is 0.414 e. The van der Waals surface area contributed by atoms with Gasteiger partial charge in [-0.15, -0.1) is 0 Å². The molecule has 3 fully saturated rings. The van der Waals surface area contributed by atoms with E-state index in [0.29, 0.717) is 17.9 Å². The van der Waals surface area contributed by atoms with Gasteiger partial charge in [0.1, 0.15) is 0 Å². The Balaban J connectivity index is 1.62. The molecular formula is C24H42OSi. The molecule has 1 unspecified atom stereocenters. The zero-order valence-electron chi connectivity index (χ0n) is 17.6. The molecule has 0 radical (unpaired) electrons. The topological polar surface area (TPSA) is 9.23 Å². The van der Waals surface area contributed by atoms with E-state index in [1.807, 2.05) is 0 Å². The third-order valence-electron chi connectivity index (χ3n) is 6.73. The summed E-state index contributed by atoms with van der Waals surface area (Å²) in [6.45, 7) is 7.07. The maximum atomic E-state index is 6.74. The Hall–Kier alpha value is -0.343. The molecule has 0 bridgehead atoms. The molecule has 3 rings (SSSR count). The van der Waals surface area contributed by atoms with Crippen LogP contribution >= 0.6 is 0 Å². The van der Waals surface area contributed by atoms with Gasteiger partial charge in [0.25, 0.3) is 0 Å². The Kier molecular flexibility index (Phi) is 7.63. The average Bonchev–Trinajstić information content (AvgIpc) is 3.00. The number of allylic oxidation sites excluding steroid dienone is 2. The monoisotopic (exact) mass is 374 g/mol. The molecule has 0 aromatic carbocycles. The van der Waals surface area contributed by atoms with Gasteiger partial charge in [-0.3, -0.25) is 0 Å². The number of hydrogen-bond donors (Lipinski definition) is 0. The fourth-order valence-electron chi connectivity index (χ4n) is 5.28. The lowest BCUT2D eigenvalue weighted by atomic mass is 9.87. The van der Waals surface area contributed by atoms with E-state index in [1.54, 1.807) is 0 Å². The van der Waals surface area contributed by atoms with Crippen LogP contribution in [-0.4, -0.2) is 14.4 Å². The second-order valence-corrected chi connectivity index (χ2v) is 14.6. The maximum Gasteiger partial charge on any atom is 0.184 e. The minimum absolute atomic E-state index is 0.432. The van der Waals surface area contributed by atoms with Gasteiger partial charge in [-0.25, -0.2) is 0 Å². The molecule has 3 aliphatic carbocycles. The van der Waals surface area contributed by atoms with E-state index in [0.717, 1.165) is 11.8 Å². The van der Waals surface area contributed by atoms with Crippen LogP contribution in [0.5, 0.6) is 0 Å². The van der Waals surface area contributed by atoms with E-state index in [1.165, 1.54) is 77.0 Å². The van der Waals surface area contributed by atoms with Crippen molar-refractivity contribution in [3.8, 4) is 0 Å². The summed E-state index contributed by atoms with van der Waals surface area (Å²) < 4.78 is 6.74. The molecule has 0 aromatic rings. The van der Waals surface area contributed by atoms with Gasteiger partial charge in [0.05, 0.1) is 6.10 Å². The van der Waals surface area contributed by atoms with Crippen LogP contribution in [0.2, 0.25) is 19.6 Å². The van der Waals surface area contributed by atoms with Crippen molar-refractivity contribution in [1.29, 1.82) is 0 Å². The summed E-state index contributed by atoms with van der Waals surface area (Å²) in [5.41, 5.74) is 0. The molecule has 1 nitrogen and oxygen atoms in total. The van der Waals surface area contributed by atoms with Gasteiger partial charge in [-0.2, -0.15) is 0 Å². The molecular weight excluding hydrogens is 332 g/mol. The van der Waals surface area contributed by atoms with Crippen LogP contribution in [0, 0.1) is 23.7 Å². The minimum atomic E-state index is -1.51. The summed E-state index contributed by atoms with van der Waals surface area (Å²) in [6.07, 6.45) is 27.6. The highest BCUT2D eigenvalue weighted by atomic mass is 28.4.